The van der Waals surface area contributed by atoms with E-state index in [0.29, 0.717) is 33.6 Å². The molecule has 0 spiro atoms. The first-order valence-electron chi connectivity index (χ1n) is 6.60. The van der Waals surface area contributed by atoms with E-state index in [4.69, 9.17) is 20.9 Å². The molecule has 1 aromatic heterocycles. The van der Waals surface area contributed by atoms with Crippen LogP contribution in [0.3, 0.4) is 0 Å². The smallest absolute Gasteiger partial charge is 0.259 e. The van der Waals surface area contributed by atoms with Crippen LogP contribution in [0.25, 0.3) is 11.5 Å². The fourth-order valence-corrected chi connectivity index (χ4v) is 2.13. The van der Waals surface area contributed by atoms with Crippen LogP contribution in [0.2, 0.25) is 5.02 Å². The summed E-state index contributed by atoms with van der Waals surface area (Å²) in [6, 6.07) is 11.7. The Morgan fingerprint density at radius 1 is 1.23 bits per heavy atom. The van der Waals surface area contributed by atoms with E-state index in [1.807, 2.05) is 12.1 Å². The summed E-state index contributed by atoms with van der Waals surface area (Å²) in [6.45, 7) is 1.80. The van der Waals surface area contributed by atoms with Crippen LogP contribution in [0.5, 0.6) is 5.75 Å². The van der Waals surface area contributed by atoms with Crippen molar-refractivity contribution in [2.75, 3.05) is 0 Å². The van der Waals surface area contributed by atoms with Crippen LogP contribution in [-0.2, 0) is 6.61 Å². The van der Waals surface area contributed by atoms with Gasteiger partial charge in [-0.1, -0.05) is 28.9 Å². The highest BCUT2D eigenvalue weighted by molar-refractivity contribution is 6.33. The molecule has 0 bridgehead atoms. The van der Waals surface area contributed by atoms with Gasteiger partial charge in [0, 0.05) is 0 Å². The minimum atomic E-state index is -0.270. The van der Waals surface area contributed by atoms with Crippen molar-refractivity contribution in [3.05, 3.63) is 64.7 Å². The molecule has 2 aromatic carbocycles. The Bertz CT molecular complexity index is 804. The Morgan fingerprint density at radius 3 is 2.82 bits per heavy atom. The van der Waals surface area contributed by atoms with Gasteiger partial charge >= 0.3 is 0 Å². The third kappa shape index (κ3) is 3.09. The lowest BCUT2D eigenvalue weighted by Crippen LogP contribution is -1.98. The summed E-state index contributed by atoms with van der Waals surface area (Å²) in [7, 11) is 0. The van der Waals surface area contributed by atoms with Gasteiger partial charge in [0.2, 0.25) is 5.82 Å². The van der Waals surface area contributed by atoms with Crippen LogP contribution < -0.4 is 4.74 Å². The number of rotatable bonds is 4. The average molecular weight is 319 g/mol. The highest BCUT2D eigenvalue weighted by Crippen LogP contribution is 2.26. The lowest BCUT2D eigenvalue weighted by Gasteiger charge is -2.04. The first kappa shape index (κ1) is 14.5. The number of hydrogen-bond acceptors (Lipinski definition) is 4. The zero-order valence-corrected chi connectivity index (χ0v) is 12.5. The first-order valence-corrected chi connectivity index (χ1v) is 6.98. The first-order chi connectivity index (χ1) is 10.6. The summed E-state index contributed by atoms with van der Waals surface area (Å²) >= 11 is 6.08. The molecule has 0 atom stereocenters. The molecule has 22 heavy (non-hydrogen) atoms. The number of aryl methyl sites for hydroxylation is 1. The third-order valence-electron chi connectivity index (χ3n) is 3.07. The zero-order chi connectivity index (χ0) is 15.5. The van der Waals surface area contributed by atoms with Crippen molar-refractivity contribution in [2.24, 2.45) is 0 Å². The number of benzene rings is 2. The van der Waals surface area contributed by atoms with Gasteiger partial charge in [-0.2, -0.15) is 4.98 Å². The molecule has 0 N–H and O–H groups in total. The number of halogens is 2. The molecule has 0 saturated heterocycles. The van der Waals surface area contributed by atoms with Gasteiger partial charge in [-0.05, 0) is 42.8 Å². The van der Waals surface area contributed by atoms with E-state index in [1.165, 1.54) is 6.07 Å². The largest absolute Gasteiger partial charge is 0.485 e. The predicted octanol–water partition coefficient (Wildman–Crippen LogP) is 4.42. The van der Waals surface area contributed by atoms with Crippen molar-refractivity contribution in [3.8, 4) is 17.2 Å². The molecule has 0 radical (unpaired) electrons. The van der Waals surface area contributed by atoms with Gasteiger partial charge in [0.25, 0.3) is 5.89 Å². The van der Waals surface area contributed by atoms with Gasteiger partial charge in [-0.3, -0.25) is 0 Å². The van der Waals surface area contributed by atoms with Gasteiger partial charge < -0.3 is 9.26 Å². The third-order valence-corrected chi connectivity index (χ3v) is 3.40. The van der Waals surface area contributed by atoms with E-state index in [9.17, 15) is 4.39 Å². The molecular formula is C16H12ClFN2O2. The number of hydrogen-bond donors (Lipinski definition) is 0. The number of nitrogens with zero attached hydrogens (tertiary/aromatic N) is 2. The van der Waals surface area contributed by atoms with Crippen molar-refractivity contribution >= 4 is 11.6 Å². The number of aromatic nitrogens is 2. The molecule has 6 heteroatoms. The van der Waals surface area contributed by atoms with Crippen LogP contribution in [0.1, 0.15) is 11.4 Å². The molecule has 0 saturated carbocycles. The van der Waals surface area contributed by atoms with Gasteiger partial charge in [-0.15, -0.1) is 0 Å². The van der Waals surface area contributed by atoms with Crippen molar-refractivity contribution in [1.82, 2.24) is 10.1 Å². The van der Waals surface area contributed by atoms with E-state index in [1.54, 1.807) is 31.2 Å². The molecular weight excluding hydrogens is 307 g/mol. The minimum Gasteiger partial charge on any atom is -0.485 e. The van der Waals surface area contributed by atoms with Crippen molar-refractivity contribution < 1.29 is 13.7 Å². The monoisotopic (exact) mass is 318 g/mol. The molecule has 3 rings (SSSR count). The van der Waals surface area contributed by atoms with E-state index in [0.717, 1.165) is 0 Å². The average Bonchev–Trinajstić information content (AvgIpc) is 2.98. The van der Waals surface area contributed by atoms with Crippen molar-refractivity contribution in [2.45, 2.75) is 13.5 Å². The summed E-state index contributed by atoms with van der Waals surface area (Å²) in [5.74, 6) is 0.993. The summed E-state index contributed by atoms with van der Waals surface area (Å²) in [5.41, 5.74) is 1.18. The van der Waals surface area contributed by atoms with Crippen molar-refractivity contribution in [3.63, 3.8) is 0 Å². The molecule has 0 fully saturated rings. The maximum Gasteiger partial charge on any atom is 0.259 e. The number of ether oxygens (including phenoxy) is 1. The van der Waals surface area contributed by atoms with Crippen LogP contribution in [-0.4, -0.2) is 10.1 Å². The molecule has 0 aliphatic carbocycles. The Morgan fingerprint density at radius 2 is 2.05 bits per heavy atom. The summed E-state index contributed by atoms with van der Waals surface area (Å²) in [6.07, 6.45) is 0. The molecule has 0 amide bonds. The lowest BCUT2D eigenvalue weighted by molar-refractivity contribution is 0.286. The highest BCUT2D eigenvalue weighted by Gasteiger charge is 2.12. The fourth-order valence-electron chi connectivity index (χ4n) is 1.91. The van der Waals surface area contributed by atoms with E-state index in [2.05, 4.69) is 10.1 Å². The highest BCUT2D eigenvalue weighted by atomic mass is 35.5. The van der Waals surface area contributed by atoms with E-state index < -0.39 is 0 Å². The van der Waals surface area contributed by atoms with Crippen LogP contribution >= 0.6 is 11.6 Å². The summed E-state index contributed by atoms with van der Waals surface area (Å²) < 4.78 is 23.9. The Kier molecular flexibility index (Phi) is 4.06. The normalized spacial score (nSPS) is 10.7. The lowest BCUT2D eigenvalue weighted by atomic mass is 10.2. The Hall–Kier alpha value is -2.40. The maximum absolute atomic E-state index is 13.2. The Balaban J connectivity index is 1.72. The zero-order valence-electron chi connectivity index (χ0n) is 11.7. The van der Waals surface area contributed by atoms with Gasteiger partial charge in [0.1, 0.15) is 11.6 Å². The van der Waals surface area contributed by atoms with Gasteiger partial charge in [-0.25, -0.2) is 4.39 Å². The summed E-state index contributed by atoms with van der Waals surface area (Å²) in [4.78, 5) is 4.24. The molecule has 3 aromatic rings. The standard InChI is InChI=1S/C16H12ClFN2O2/c1-10-8-11(6-7-14(10)18)21-9-15-19-16(22-20-15)12-4-2-3-5-13(12)17/h2-8H,9H2,1H3. The topological polar surface area (TPSA) is 48.2 Å². The van der Waals surface area contributed by atoms with Crippen LogP contribution in [0.15, 0.2) is 47.0 Å². The van der Waals surface area contributed by atoms with E-state index >= 15 is 0 Å². The molecule has 0 aliphatic heterocycles. The SMILES string of the molecule is Cc1cc(OCc2noc(-c3ccccc3Cl)n2)ccc1F. The predicted molar refractivity (Wildman–Crippen MR) is 80.2 cm³/mol. The van der Waals surface area contributed by atoms with Gasteiger partial charge in [0.05, 0.1) is 10.6 Å². The molecule has 112 valence electrons. The van der Waals surface area contributed by atoms with Crippen LogP contribution in [0.4, 0.5) is 4.39 Å². The maximum atomic E-state index is 13.2. The second-order valence-electron chi connectivity index (χ2n) is 4.70. The quantitative estimate of drug-likeness (QED) is 0.714. The molecule has 0 unspecified atom stereocenters. The second kappa shape index (κ2) is 6.15. The second-order valence-corrected chi connectivity index (χ2v) is 5.10. The van der Waals surface area contributed by atoms with E-state index in [-0.39, 0.29) is 12.4 Å². The molecule has 0 aliphatic rings. The molecule has 4 nitrogen and oxygen atoms in total. The van der Waals surface area contributed by atoms with Gasteiger partial charge in [0.15, 0.2) is 6.61 Å². The van der Waals surface area contributed by atoms with Crippen molar-refractivity contribution in [1.29, 1.82) is 0 Å². The molecule has 1 heterocycles. The minimum absolute atomic E-state index is 0.124. The fraction of sp³-hybridized carbons (Fsp3) is 0.125. The summed E-state index contributed by atoms with van der Waals surface area (Å²) in [5, 5.41) is 4.38. The Labute approximate surface area is 131 Å². The van der Waals surface area contributed by atoms with Crippen LogP contribution in [0, 0.1) is 12.7 Å².